The minimum atomic E-state index is -0.230. The number of methoxy groups -OCH3 is 1. The van der Waals surface area contributed by atoms with Crippen molar-refractivity contribution in [1.82, 2.24) is 19.9 Å². The second-order valence-corrected chi connectivity index (χ2v) is 6.28. The van der Waals surface area contributed by atoms with Crippen LogP contribution in [0.2, 0.25) is 0 Å². The molecule has 0 bridgehead atoms. The Labute approximate surface area is 150 Å². The molecule has 0 aliphatic heterocycles. The maximum absolute atomic E-state index is 12.8. The van der Waals surface area contributed by atoms with Gasteiger partial charge in [-0.1, -0.05) is 24.3 Å². The van der Waals surface area contributed by atoms with E-state index in [4.69, 9.17) is 4.74 Å². The summed E-state index contributed by atoms with van der Waals surface area (Å²) < 4.78 is 6.51. The van der Waals surface area contributed by atoms with Crippen LogP contribution in [-0.4, -0.2) is 33.7 Å². The first-order valence-electron chi connectivity index (χ1n) is 8.34. The number of benzene rings is 1. The van der Waals surface area contributed by atoms with Gasteiger partial charge in [0.2, 0.25) is 0 Å². The van der Waals surface area contributed by atoms with E-state index >= 15 is 0 Å². The fraction of sp³-hybridized carbons (Fsp3) is 0.263. The van der Waals surface area contributed by atoms with E-state index in [1.54, 1.807) is 6.07 Å². The summed E-state index contributed by atoms with van der Waals surface area (Å²) in [6, 6.07) is 12.0. The van der Waals surface area contributed by atoms with Gasteiger partial charge in [-0.3, -0.25) is 4.79 Å². The van der Waals surface area contributed by atoms with E-state index in [0.717, 1.165) is 12.8 Å². The average molecular weight is 347 g/mol. The van der Waals surface area contributed by atoms with Crippen LogP contribution in [0.15, 0.2) is 36.5 Å². The van der Waals surface area contributed by atoms with Crippen molar-refractivity contribution in [3.8, 4) is 6.07 Å². The molecule has 26 heavy (non-hydrogen) atoms. The topological polar surface area (TPSA) is 92.3 Å². The first kappa shape index (κ1) is 16.2. The molecule has 0 spiro atoms. The molecular weight excluding hydrogens is 330 g/mol. The van der Waals surface area contributed by atoms with Gasteiger partial charge in [0.15, 0.2) is 5.65 Å². The van der Waals surface area contributed by atoms with Gasteiger partial charge in [-0.2, -0.15) is 10.4 Å². The van der Waals surface area contributed by atoms with E-state index in [0.29, 0.717) is 22.6 Å². The molecule has 1 N–H and O–H groups in total. The standard InChI is InChI=1S/C19H17N5O2/c1-26-11-16-15(10-20)18-21-7-6-17(24(18)23-16)19(25)22-14-8-12-4-2-3-5-13(12)9-14/h2-7,14H,8-9,11H2,1H3,(H,22,25). The zero-order valence-electron chi connectivity index (χ0n) is 14.3. The van der Waals surface area contributed by atoms with Crippen LogP contribution in [0, 0.1) is 11.3 Å². The highest BCUT2D eigenvalue weighted by molar-refractivity contribution is 5.93. The quantitative estimate of drug-likeness (QED) is 0.775. The van der Waals surface area contributed by atoms with Crippen LogP contribution in [0.4, 0.5) is 0 Å². The van der Waals surface area contributed by atoms with Crippen molar-refractivity contribution < 1.29 is 9.53 Å². The van der Waals surface area contributed by atoms with E-state index in [2.05, 4.69) is 33.6 Å². The Morgan fingerprint density at radius 3 is 2.73 bits per heavy atom. The Morgan fingerprint density at radius 2 is 2.08 bits per heavy atom. The van der Waals surface area contributed by atoms with Crippen LogP contribution >= 0.6 is 0 Å². The third-order valence-electron chi connectivity index (χ3n) is 4.60. The molecule has 0 radical (unpaired) electrons. The predicted octanol–water partition coefficient (Wildman–Crippen LogP) is 1.64. The molecule has 0 saturated carbocycles. The number of carbonyl (C=O) groups is 1. The van der Waals surface area contributed by atoms with E-state index in [-0.39, 0.29) is 18.6 Å². The summed E-state index contributed by atoms with van der Waals surface area (Å²) in [6.45, 7) is 0.186. The smallest absolute Gasteiger partial charge is 0.270 e. The lowest BCUT2D eigenvalue weighted by Gasteiger charge is -2.12. The monoisotopic (exact) mass is 347 g/mol. The van der Waals surface area contributed by atoms with Crippen molar-refractivity contribution in [2.45, 2.75) is 25.5 Å². The largest absolute Gasteiger partial charge is 0.378 e. The Balaban J connectivity index is 1.63. The lowest BCUT2D eigenvalue weighted by atomic mass is 10.1. The molecular formula is C19H17N5O2. The molecule has 0 atom stereocenters. The summed E-state index contributed by atoms with van der Waals surface area (Å²) in [4.78, 5) is 17.0. The number of carbonyl (C=O) groups excluding carboxylic acids is 1. The van der Waals surface area contributed by atoms with Gasteiger partial charge in [0.25, 0.3) is 5.91 Å². The molecule has 4 rings (SSSR count). The average Bonchev–Trinajstić information content (AvgIpc) is 3.21. The van der Waals surface area contributed by atoms with Crippen molar-refractivity contribution in [2.24, 2.45) is 0 Å². The lowest BCUT2D eigenvalue weighted by molar-refractivity contribution is 0.0930. The molecule has 7 nitrogen and oxygen atoms in total. The van der Waals surface area contributed by atoms with Crippen LogP contribution in [0.3, 0.4) is 0 Å². The van der Waals surface area contributed by atoms with Gasteiger partial charge in [-0.25, -0.2) is 9.50 Å². The number of fused-ring (bicyclic) bond motifs is 2. The molecule has 1 aliphatic carbocycles. The third-order valence-corrected chi connectivity index (χ3v) is 4.60. The van der Waals surface area contributed by atoms with Gasteiger partial charge in [0.05, 0.1) is 6.61 Å². The zero-order valence-corrected chi connectivity index (χ0v) is 14.3. The predicted molar refractivity (Wildman–Crippen MR) is 93.5 cm³/mol. The molecule has 3 aromatic rings. The Bertz CT molecular complexity index is 1010. The van der Waals surface area contributed by atoms with Crippen molar-refractivity contribution in [1.29, 1.82) is 5.26 Å². The fourth-order valence-electron chi connectivity index (χ4n) is 3.43. The van der Waals surface area contributed by atoms with Gasteiger partial charge < -0.3 is 10.1 Å². The Kier molecular flexibility index (Phi) is 4.11. The number of nitriles is 1. The zero-order chi connectivity index (χ0) is 18.1. The number of hydrogen-bond acceptors (Lipinski definition) is 5. The van der Waals surface area contributed by atoms with E-state index in [1.807, 2.05) is 12.1 Å². The molecule has 0 fully saturated rings. The van der Waals surface area contributed by atoms with Gasteiger partial charge >= 0.3 is 0 Å². The highest BCUT2D eigenvalue weighted by Gasteiger charge is 2.25. The molecule has 2 aromatic heterocycles. The normalized spacial score (nSPS) is 13.5. The first-order valence-corrected chi connectivity index (χ1v) is 8.34. The number of amides is 1. The van der Waals surface area contributed by atoms with Crippen LogP contribution in [-0.2, 0) is 24.2 Å². The number of ether oxygens (including phenoxy) is 1. The number of nitrogens with one attached hydrogen (secondary N) is 1. The van der Waals surface area contributed by atoms with Gasteiger partial charge in [-0.05, 0) is 30.0 Å². The summed E-state index contributed by atoms with van der Waals surface area (Å²) >= 11 is 0. The number of nitrogens with zero attached hydrogens (tertiary/aromatic N) is 4. The Morgan fingerprint density at radius 1 is 1.35 bits per heavy atom. The molecule has 130 valence electrons. The molecule has 0 saturated heterocycles. The second kappa shape index (κ2) is 6.58. The van der Waals surface area contributed by atoms with Crippen molar-refractivity contribution in [3.05, 3.63) is 64.6 Å². The number of aromatic nitrogens is 3. The van der Waals surface area contributed by atoms with Crippen molar-refractivity contribution >= 4 is 11.6 Å². The van der Waals surface area contributed by atoms with Crippen LogP contribution < -0.4 is 5.32 Å². The van der Waals surface area contributed by atoms with Crippen LogP contribution in [0.1, 0.15) is 32.9 Å². The molecule has 7 heteroatoms. The first-order chi connectivity index (χ1) is 12.7. The minimum Gasteiger partial charge on any atom is -0.378 e. The maximum Gasteiger partial charge on any atom is 0.270 e. The summed E-state index contributed by atoms with van der Waals surface area (Å²) in [6.07, 6.45) is 3.15. The molecule has 0 unspecified atom stereocenters. The third kappa shape index (κ3) is 2.70. The van der Waals surface area contributed by atoms with Gasteiger partial charge in [0, 0.05) is 19.3 Å². The number of rotatable bonds is 4. The lowest BCUT2D eigenvalue weighted by Crippen LogP contribution is -2.36. The summed E-state index contributed by atoms with van der Waals surface area (Å²) in [7, 11) is 1.53. The molecule has 1 aromatic carbocycles. The van der Waals surface area contributed by atoms with Crippen molar-refractivity contribution in [3.63, 3.8) is 0 Å². The van der Waals surface area contributed by atoms with Crippen LogP contribution in [0.25, 0.3) is 5.65 Å². The summed E-state index contributed by atoms with van der Waals surface area (Å²) in [5.41, 5.74) is 4.05. The van der Waals surface area contributed by atoms with E-state index < -0.39 is 0 Å². The SMILES string of the molecule is COCc1nn2c(C(=O)NC3Cc4ccccc4C3)ccnc2c1C#N. The molecule has 1 amide bonds. The highest BCUT2D eigenvalue weighted by Crippen LogP contribution is 2.22. The molecule has 2 heterocycles. The van der Waals surface area contributed by atoms with Gasteiger partial charge in [0.1, 0.15) is 23.0 Å². The van der Waals surface area contributed by atoms with Crippen molar-refractivity contribution in [2.75, 3.05) is 7.11 Å². The van der Waals surface area contributed by atoms with Gasteiger partial charge in [-0.15, -0.1) is 0 Å². The fourth-order valence-corrected chi connectivity index (χ4v) is 3.43. The minimum absolute atomic E-state index is 0.0487. The highest BCUT2D eigenvalue weighted by atomic mass is 16.5. The molecule has 1 aliphatic rings. The van der Waals surface area contributed by atoms with Crippen LogP contribution in [0.5, 0.6) is 0 Å². The van der Waals surface area contributed by atoms with E-state index in [1.165, 1.54) is 28.9 Å². The number of hydrogen-bond donors (Lipinski definition) is 1. The second-order valence-electron chi connectivity index (χ2n) is 6.28. The summed E-state index contributed by atoms with van der Waals surface area (Å²) in [5.74, 6) is -0.230. The Hall–Kier alpha value is -3.24. The van der Waals surface area contributed by atoms with E-state index in [9.17, 15) is 10.1 Å². The summed E-state index contributed by atoms with van der Waals surface area (Å²) in [5, 5.41) is 16.8. The maximum atomic E-state index is 12.8.